The Morgan fingerprint density at radius 3 is 3.11 bits per heavy atom. The first kappa shape index (κ1) is 12.8. The molecule has 0 aliphatic rings. The first-order chi connectivity index (χ1) is 8.76. The number of hydrogen-bond acceptors (Lipinski definition) is 6. The summed E-state index contributed by atoms with van der Waals surface area (Å²) in [5.41, 5.74) is 3.52. The number of imidazole rings is 1. The molecule has 2 aromatic heterocycles. The van der Waals surface area contributed by atoms with Gasteiger partial charge in [-0.2, -0.15) is 0 Å². The SMILES string of the molecule is CCCC(Sc1ncnc2nc[nH]c12)C(=O)NN. The van der Waals surface area contributed by atoms with Crippen LogP contribution < -0.4 is 11.3 Å². The van der Waals surface area contributed by atoms with Crippen LogP contribution in [-0.2, 0) is 4.79 Å². The van der Waals surface area contributed by atoms with E-state index in [-0.39, 0.29) is 11.2 Å². The monoisotopic (exact) mass is 266 g/mol. The Morgan fingerprint density at radius 2 is 2.39 bits per heavy atom. The summed E-state index contributed by atoms with van der Waals surface area (Å²) in [6, 6.07) is 0. The largest absolute Gasteiger partial charge is 0.341 e. The zero-order valence-electron chi connectivity index (χ0n) is 9.88. The Morgan fingerprint density at radius 1 is 1.56 bits per heavy atom. The average molecular weight is 266 g/mol. The number of nitrogens with two attached hydrogens (primary N) is 1. The van der Waals surface area contributed by atoms with Crippen molar-refractivity contribution < 1.29 is 4.79 Å². The second kappa shape index (κ2) is 5.78. The lowest BCUT2D eigenvalue weighted by atomic mass is 10.2. The highest BCUT2D eigenvalue weighted by atomic mass is 32.2. The Balaban J connectivity index is 2.25. The molecule has 2 aromatic rings. The number of carbonyl (C=O) groups excluding carboxylic acids is 1. The number of rotatable bonds is 5. The third-order valence-corrected chi connectivity index (χ3v) is 3.69. The molecule has 2 heterocycles. The maximum Gasteiger partial charge on any atom is 0.247 e. The molecule has 7 nitrogen and oxygen atoms in total. The quantitative estimate of drug-likeness (QED) is 0.240. The van der Waals surface area contributed by atoms with E-state index in [1.807, 2.05) is 6.92 Å². The zero-order chi connectivity index (χ0) is 13.0. The fraction of sp³-hybridized carbons (Fsp3) is 0.400. The lowest BCUT2D eigenvalue weighted by molar-refractivity contribution is -0.120. The number of nitrogens with one attached hydrogen (secondary N) is 2. The molecule has 1 amide bonds. The van der Waals surface area contributed by atoms with Crippen LogP contribution in [0.15, 0.2) is 17.7 Å². The number of carbonyl (C=O) groups is 1. The van der Waals surface area contributed by atoms with Crippen LogP contribution >= 0.6 is 11.8 Å². The van der Waals surface area contributed by atoms with Crippen molar-refractivity contribution in [3.8, 4) is 0 Å². The van der Waals surface area contributed by atoms with Crippen LogP contribution in [0.3, 0.4) is 0 Å². The van der Waals surface area contributed by atoms with Crippen LogP contribution in [-0.4, -0.2) is 31.1 Å². The number of aromatic nitrogens is 4. The molecule has 0 bridgehead atoms. The summed E-state index contributed by atoms with van der Waals surface area (Å²) in [7, 11) is 0. The molecular weight excluding hydrogens is 252 g/mol. The predicted octanol–water partition coefficient (Wildman–Crippen LogP) is 0.604. The maximum absolute atomic E-state index is 11.7. The van der Waals surface area contributed by atoms with Crippen molar-refractivity contribution in [1.82, 2.24) is 25.4 Å². The molecular formula is C10H14N6OS. The third-order valence-electron chi connectivity index (χ3n) is 2.43. The van der Waals surface area contributed by atoms with Gasteiger partial charge in [0, 0.05) is 0 Å². The summed E-state index contributed by atoms with van der Waals surface area (Å²) in [6.45, 7) is 2.02. The normalized spacial score (nSPS) is 12.6. The molecule has 0 aromatic carbocycles. The van der Waals surface area contributed by atoms with Gasteiger partial charge >= 0.3 is 0 Å². The van der Waals surface area contributed by atoms with Crippen LogP contribution in [0.25, 0.3) is 11.2 Å². The third kappa shape index (κ3) is 2.59. The van der Waals surface area contributed by atoms with Gasteiger partial charge in [-0.05, 0) is 6.42 Å². The van der Waals surface area contributed by atoms with E-state index < -0.39 is 0 Å². The molecule has 0 aliphatic carbocycles. The zero-order valence-corrected chi connectivity index (χ0v) is 10.7. The summed E-state index contributed by atoms with van der Waals surface area (Å²) in [5.74, 6) is 4.98. The molecule has 0 saturated carbocycles. The van der Waals surface area contributed by atoms with Gasteiger partial charge in [0.1, 0.15) is 16.9 Å². The highest BCUT2D eigenvalue weighted by molar-refractivity contribution is 8.00. The number of aromatic amines is 1. The van der Waals surface area contributed by atoms with E-state index in [1.165, 1.54) is 18.1 Å². The van der Waals surface area contributed by atoms with E-state index in [9.17, 15) is 4.79 Å². The van der Waals surface area contributed by atoms with E-state index in [0.717, 1.165) is 18.4 Å². The lowest BCUT2D eigenvalue weighted by Gasteiger charge is -2.13. The molecule has 8 heteroatoms. The molecule has 0 spiro atoms. The van der Waals surface area contributed by atoms with Crippen molar-refractivity contribution >= 4 is 28.8 Å². The lowest BCUT2D eigenvalue weighted by Crippen LogP contribution is -2.37. The van der Waals surface area contributed by atoms with E-state index in [1.54, 1.807) is 6.33 Å². The summed E-state index contributed by atoms with van der Waals surface area (Å²) < 4.78 is 0. The summed E-state index contributed by atoms with van der Waals surface area (Å²) in [6.07, 6.45) is 4.62. The molecule has 0 fully saturated rings. The van der Waals surface area contributed by atoms with Gasteiger partial charge < -0.3 is 4.98 Å². The standard InChI is InChI=1S/C10H14N6OS/c1-2-3-6(9(17)16-11)18-10-7-8(13-4-12-7)14-5-15-10/h4-6H,2-3,11H2,1H3,(H,16,17)(H,12,13,14,15). The summed E-state index contributed by atoms with van der Waals surface area (Å²) in [5, 5.41) is 0.445. The van der Waals surface area contributed by atoms with E-state index in [2.05, 4.69) is 25.4 Å². The molecule has 0 saturated heterocycles. The number of H-pyrrole nitrogens is 1. The molecule has 1 atom stereocenters. The second-order valence-electron chi connectivity index (χ2n) is 3.68. The second-order valence-corrected chi connectivity index (χ2v) is 4.88. The van der Waals surface area contributed by atoms with E-state index in [0.29, 0.717) is 10.7 Å². The fourth-order valence-corrected chi connectivity index (χ4v) is 2.74. The van der Waals surface area contributed by atoms with E-state index in [4.69, 9.17) is 5.84 Å². The fourth-order valence-electron chi connectivity index (χ4n) is 1.57. The predicted molar refractivity (Wildman–Crippen MR) is 68.6 cm³/mol. The van der Waals surface area contributed by atoms with Gasteiger partial charge in [-0.15, -0.1) is 0 Å². The number of hydrazine groups is 1. The van der Waals surface area contributed by atoms with Crippen molar-refractivity contribution in [2.24, 2.45) is 5.84 Å². The molecule has 4 N–H and O–H groups in total. The highest BCUT2D eigenvalue weighted by Crippen LogP contribution is 2.28. The highest BCUT2D eigenvalue weighted by Gasteiger charge is 2.20. The molecule has 0 aliphatic heterocycles. The minimum Gasteiger partial charge on any atom is -0.341 e. The van der Waals surface area contributed by atoms with Gasteiger partial charge in [0.2, 0.25) is 5.91 Å². The maximum atomic E-state index is 11.7. The van der Waals surface area contributed by atoms with Crippen molar-refractivity contribution in [1.29, 1.82) is 0 Å². The molecule has 18 heavy (non-hydrogen) atoms. The van der Waals surface area contributed by atoms with Crippen molar-refractivity contribution in [2.75, 3.05) is 0 Å². The summed E-state index contributed by atoms with van der Waals surface area (Å²) >= 11 is 1.37. The Labute approximate surface area is 108 Å². The van der Waals surface area contributed by atoms with Crippen molar-refractivity contribution in [3.63, 3.8) is 0 Å². The molecule has 1 unspecified atom stereocenters. The number of nitrogens with zero attached hydrogens (tertiary/aromatic N) is 3. The Kier molecular flexibility index (Phi) is 4.11. The van der Waals surface area contributed by atoms with Crippen LogP contribution in [0.1, 0.15) is 19.8 Å². The molecule has 2 rings (SSSR count). The minimum atomic E-state index is -0.263. The van der Waals surface area contributed by atoms with Gasteiger partial charge in [0.25, 0.3) is 0 Å². The number of amides is 1. The smallest absolute Gasteiger partial charge is 0.247 e. The Hall–Kier alpha value is -1.67. The van der Waals surface area contributed by atoms with Gasteiger partial charge in [0.05, 0.1) is 11.6 Å². The van der Waals surface area contributed by atoms with Gasteiger partial charge in [-0.1, -0.05) is 25.1 Å². The van der Waals surface area contributed by atoms with Gasteiger partial charge in [0.15, 0.2) is 5.65 Å². The molecule has 96 valence electrons. The molecule has 0 radical (unpaired) electrons. The van der Waals surface area contributed by atoms with Crippen LogP contribution in [0.2, 0.25) is 0 Å². The van der Waals surface area contributed by atoms with Crippen molar-refractivity contribution in [3.05, 3.63) is 12.7 Å². The first-order valence-corrected chi connectivity index (χ1v) is 6.45. The topological polar surface area (TPSA) is 110 Å². The average Bonchev–Trinajstić information content (AvgIpc) is 2.86. The number of hydrogen-bond donors (Lipinski definition) is 3. The van der Waals surface area contributed by atoms with E-state index >= 15 is 0 Å². The number of thioether (sulfide) groups is 1. The number of fused-ring (bicyclic) bond motifs is 1. The van der Waals surface area contributed by atoms with Crippen LogP contribution in [0, 0.1) is 0 Å². The summed E-state index contributed by atoms with van der Waals surface area (Å²) in [4.78, 5) is 26.9. The van der Waals surface area contributed by atoms with Crippen LogP contribution in [0.4, 0.5) is 0 Å². The van der Waals surface area contributed by atoms with Crippen molar-refractivity contribution in [2.45, 2.75) is 30.0 Å². The minimum absolute atomic E-state index is 0.201. The van der Waals surface area contributed by atoms with Crippen LogP contribution in [0.5, 0.6) is 0 Å². The Bertz CT molecular complexity index is 542. The van der Waals surface area contributed by atoms with Gasteiger partial charge in [-0.25, -0.2) is 20.8 Å². The van der Waals surface area contributed by atoms with Gasteiger partial charge in [-0.3, -0.25) is 10.2 Å². The first-order valence-electron chi connectivity index (χ1n) is 5.57.